The van der Waals surface area contributed by atoms with Crippen LogP contribution in [0.4, 0.5) is 0 Å². The molecule has 0 aliphatic carbocycles. The molecule has 0 unspecified atom stereocenters. The summed E-state index contributed by atoms with van der Waals surface area (Å²) >= 11 is 3.37. The maximum absolute atomic E-state index is 5.50. The van der Waals surface area contributed by atoms with Gasteiger partial charge in [0.2, 0.25) is 0 Å². The molecular weight excluding hydrogens is 270 g/mol. The molecule has 3 rings (SSSR count). The molecule has 0 amide bonds. The van der Waals surface area contributed by atoms with Crippen molar-refractivity contribution in [1.29, 1.82) is 0 Å². The molecule has 4 nitrogen and oxygen atoms in total. The highest BCUT2D eigenvalue weighted by Gasteiger charge is 2.09. The summed E-state index contributed by atoms with van der Waals surface area (Å²) in [7, 11) is 0. The lowest BCUT2D eigenvalue weighted by Crippen LogP contribution is -1.75. The Balaban J connectivity index is 2.18. The minimum absolute atomic E-state index is 0.687. The van der Waals surface area contributed by atoms with E-state index in [2.05, 4.69) is 30.9 Å². The molecule has 0 spiro atoms. The molecular formula is C11H8BrN3O. The lowest BCUT2D eigenvalue weighted by molar-refractivity contribution is 0.545. The van der Waals surface area contributed by atoms with Crippen LogP contribution in [0.1, 0.15) is 5.76 Å². The summed E-state index contributed by atoms with van der Waals surface area (Å²) < 4.78 is 6.42. The van der Waals surface area contributed by atoms with Gasteiger partial charge < -0.3 is 9.40 Å². The Morgan fingerprint density at radius 2 is 2.25 bits per heavy atom. The molecule has 3 aromatic heterocycles. The number of hydrogen-bond acceptors (Lipinski definition) is 3. The van der Waals surface area contributed by atoms with Gasteiger partial charge in [-0.3, -0.25) is 0 Å². The molecule has 80 valence electrons. The third-order valence-corrected chi connectivity index (χ3v) is 2.71. The molecule has 0 fully saturated rings. The highest BCUT2D eigenvalue weighted by molar-refractivity contribution is 9.10. The van der Waals surface area contributed by atoms with Gasteiger partial charge in [0, 0.05) is 10.7 Å². The fourth-order valence-corrected chi connectivity index (χ4v) is 1.88. The second kappa shape index (κ2) is 3.45. The van der Waals surface area contributed by atoms with Crippen molar-refractivity contribution in [3.05, 3.63) is 34.6 Å². The molecule has 0 bridgehead atoms. The summed E-state index contributed by atoms with van der Waals surface area (Å²) in [5, 5.41) is 0. The highest BCUT2D eigenvalue weighted by atomic mass is 79.9. The molecule has 5 heteroatoms. The number of furan rings is 1. The van der Waals surface area contributed by atoms with Crippen LogP contribution in [-0.2, 0) is 0 Å². The van der Waals surface area contributed by atoms with Crippen LogP contribution < -0.4 is 0 Å². The van der Waals surface area contributed by atoms with Crippen molar-refractivity contribution in [2.24, 2.45) is 0 Å². The van der Waals surface area contributed by atoms with Crippen molar-refractivity contribution in [1.82, 2.24) is 15.0 Å². The number of nitrogens with one attached hydrogen (secondary N) is 1. The van der Waals surface area contributed by atoms with Gasteiger partial charge in [-0.15, -0.1) is 0 Å². The number of imidazole rings is 1. The summed E-state index contributed by atoms with van der Waals surface area (Å²) in [5.74, 6) is 2.30. The standard InChI is InChI=1S/C11H8BrN3O/c1-6-2-3-9(16-6)11-14-8-4-7(12)5-13-10(8)15-11/h2-5H,1H3,(H,13,14,15). The van der Waals surface area contributed by atoms with E-state index in [4.69, 9.17) is 4.42 Å². The van der Waals surface area contributed by atoms with Gasteiger partial charge in [-0.05, 0) is 41.1 Å². The first kappa shape index (κ1) is 9.59. The molecule has 0 aliphatic rings. The van der Waals surface area contributed by atoms with E-state index in [1.54, 1.807) is 6.20 Å². The van der Waals surface area contributed by atoms with E-state index in [-0.39, 0.29) is 0 Å². The van der Waals surface area contributed by atoms with Gasteiger partial charge in [0.1, 0.15) is 5.76 Å². The number of H-pyrrole nitrogens is 1. The number of aromatic nitrogens is 3. The fourth-order valence-electron chi connectivity index (χ4n) is 1.55. The minimum Gasteiger partial charge on any atom is -0.458 e. The Hall–Kier alpha value is -1.62. The minimum atomic E-state index is 0.687. The predicted molar refractivity (Wildman–Crippen MR) is 64.0 cm³/mol. The first-order chi connectivity index (χ1) is 7.72. The van der Waals surface area contributed by atoms with Crippen molar-refractivity contribution in [2.75, 3.05) is 0 Å². The van der Waals surface area contributed by atoms with Crippen LogP contribution >= 0.6 is 15.9 Å². The van der Waals surface area contributed by atoms with Crippen LogP contribution in [0.2, 0.25) is 0 Å². The van der Waals surface area contributed by atoms with Crippen molar-refractivity contribution in [3.8, 4) is 11.6 Å². The van der Waals surface area contributed by atoms with Crippen LogP contribution in [-0.4, -0.2) is 15.0 Å². The van der Waals surface area contributed by atoms with E-state index in [1.165, 1.54) is 0 Å². The van der Waals surface area contributed by atoms with Crippen LogP contribution in [0.5, 0.6) is 0 Å². The number of fused-ring (bicyclic) bond motifs is 1. The monoisotopic (exact) mass is 277 g/mol. The smallest absolute Gasteiger partial charge is 0.178 e. The maximum Gasteiger partial charge on any atom is 0.178 e. The molecule has 0 aromatic carbocycles. The van der Waals surface area contributed by atoms with Crippen LogP contribution in [0.25, 0.3) is 22.7 Å². The number of halogens is 1. The Morgan fingerprint density at radius 3 is 3.00 bits per heavy atom. The molecule has 0 atom stereocenters. The normalized spacial score (nSPS) is 11.1. The molecule has 1 N–H and O–H groups in total. The maximum atomic E-state index is 5.50. The summed E-state index contributed by atoms with van der Waals surface area (Å²) in [6.45, 7) is 1.90. The number of rotatable bonds is 1. The van der Waals surface area contributed by atoms with E-state index >= 15 is 0 Å². The molecule has 0 saturated heterocycles. The quantitative estimate of drug-likeness (QED) is 0.743. The number of pyridine rings is 1. The molecule has 0 aliphatic heterocycles. The van der Waals surface area contributed by atoms with Crippen LogP contribution in [0.15, 0.2) is 33.3 Å². The number of aryl methyl sites for hydroxylation is 1. The Labute approximate surface area is 99.8 Å². The van der Waals surface area contributed by atoms with Crippen molar-refractivity contribution >= 4 is 27.1 Å². The van der Waals surface area contributed by atoms with Gasteiger partial charge in [-0.25, -0.2) is 9.97 Å². The van der Waals surface area contributed by atoms with Gasteiger partial charge in [0.15, 0.2) is 17.2 Å². The van der Waals surface area contributed by atoms with Crippen LogP contribution in [0.3, 0.4) is 0 Å². The Morgan fingerprint density at radius 1 is 1.38 bits per heavy atom. The van der Waals surface area contributed by atoms with Gasteiger partial charge in [-0.1, -0.05) is 0 Å². The van der Waals surface area contributed by atoms with Crippen molar-refractivity contribution in [2.45, 2.75) is 6.92 Å². The second-order valence-corrected chi connectivity index (χ2v) is 4.44. The van der Waals surface area contributed by atoms with Gasteiger partial charge in [-0.2, -0.15) is 0 Å². The molecule has 0 radical (unpaired) electrons. The lowest BCUT2D eigenvalue weighted by Gasteiger charge is -1.88. The zero-order valence-electron chi connectivity index (χ0n) is 8.49. The third-order valence-electron chi connectivity index (χ3n) is 2.28. The van der Waals surface area contributed by atoms with Crippen molar-refractivity contribution < 1.29 is 4.42 Å². The zero-order chi connectivity index (χ0) is 11.1. The predicted octanol–water partition coefficient (Wildman–Crippen LogP) is 3.29. The molecule has 0 saturated carbocycles. The summed E-state index contributed by atoms with van der Waals surface area (Å²) in [6, 6.07) is 5.74. The van der Waals surface area contributed by atoms with E-state index in [0.717, 1.165) is 21.5 Å². The van der Waals surface area contributed by atoms with E-state index in [0.29, 0.717) is 11.5 Å². The van der Waals surface area contributed by atoms with Gasteiger partial charge in [0.05, 0.1) is 5.52 Å². The number of nitrogens with zero attached hydrogens (tertiary/aromatic N) is 2. The highest BCUT2D eigenvalue weighted by Crippen LogP contribution is 2.22. The third kappa shape index (κ3) is 1.53. The van der Waals surface area contributed by atoms with Crippen LogP contribution in [0, 0.1) is 6.92 Å². The van der Waals surface area contributed by atoms with E-state index < -0.39 is 0 Å². The molecule has 3 aromatic rings. The average molecular weight is 278 g/mol. The number of aromatic amines is 1. The van der Waals surface area contributed by atoms with Gasteiger partial charge >= 0.3 is 0 Å². The SMILES string of the molecule is Cc1ccc(-c2nc3ncc(Br)cc3[nH]2)o1. The fraction of sp³-hybridized carbons (Fsp3) is 0.0909. The van der Waals surface area contributed by atoms with Crippen molar-refractivity contribution in [3.63, 3.8) is 0 Å². The zero-order valence-corrected chi connectivity index (χ0v) is 10.1. The first-order valence-corrected chi connectivity index (χ1v) is 5.60. The Bertz CT molecular complexity index is 656. The topological polar surface area (TPSA) is 54.7 Å². The lowest BCUT2D eigenvalue weighted by atomic mass is 10.4. The summed E-state index contributed by atoms with van der Waals surface area (Å²) in [6.07, 6.45) is 1.72. The van der Waals surface area contributed by atoms with E-state index in [9.17, 15) is 0 Å². The average Bonchev–Trinajstić information content (AvgIpc) is 2.83. The summed E-state index contributed by atoms with van der Waals surface area (Å²) in [4.78, 5) is 11.7. The first-order valence-electron chi connectivity index (χ1n) is 4.80. The molecule has 3 heterocycles. The largest absolute Gasteiger partial charge is 0.458 e. The second-order valence-electron chi connectivity index (χ2n) is 3.52. The van der Waals surface area contributed by atoms with Gasteiger partial charge in [0.25, 0.3) is 0 Å². The molecule has 16 heavy (non-hydrogen) atoms. The summed E-state index contributed by atoms with van der Waals surface area (Å²) in [5.41, 5.74) is 1.57. The van der Waals surface area contributed by atoms with E-state index in [1.807, 2.05) is 25.1 Å². The number of hydrogen-bond donors (Lipinski definition) is 1. The Kier molecular flexibility index (Phi) is 2.07.